The molecule has 0 saturated heterocycles. The lowest BCUT2D eigenvalue weighted by Gasteiger charge is -2.15. The fraction of sp³-hybridized carbons (Fsp3) is 0.471. The number of hydrogen-bond acceptors (Lipinski definition) is 4. The Morgan fingerprint density at radius 2 is 1.85 bits per heavy atom. The summed E-state index contributed by atoms with van der Waals surface area (Å²) in [6.07, 6.45) is -2.16. The first-order valence-corrected chi connectivity index (χ1v) is 9.99. The van der Waals surface area contributed by atoms with Crippen LogP contribution in [0, 0.1) is 0 Å². The SMILES string of the molecule is COCCNS(=O)(=O)c1ccc(-n2nc(C(F)(F)F)c3c2CCCC3)cc1. The summed E-state index contributed by atoms with van der Waals surface area (Å²) in [5, 5.41) is 3.80. The van der Waals surface area contributed by atoms with Crippen molar-refractivity contribution in [2.45, 2.75) is 36.8 Å². The predicted molar refractivity (Wildman–Crippen MR) is 92.3 cm³/mol. The van der Waals surface area contributed by atoms with Gasteiger partial charge in [0.15, 0.2) is 5.69 Å². The van der Waals surface area contributed by atoms with Gasteiger partial charge in [0.05, 0.1) is 17.2 Å². The van der Waals surface area contributed by atoms with Crippen molar-refractivity contribution in [1.82, 2.24) is 14.5 Å². The molecule has 10 heteroatoms. The fourth-order valence-corrected chi connectivity index (χ4v) is 4.18. The Kier molecular flexibility index (Phi) is 5.59. The highest BCUT2D eigenvalue weighted by Crippen LogP contribution is 2.36. The van der Waals surface area contributed by atoms with E-state index in [1.807, 2.05) is 0 Å². The molecule has 0 aliphatic heterocycles. The minimum absolute atomic E-state index is 0.0272. The molecular formula is C17H20F3N3O3S. The molecule has 2 aromatic rings. The fourth-order valence-electron chi connectivity index (χ4n) is 3.17. The highest BCUT2D eigenvalue weighted by Gasteiger charge is 2.39. The Hall–Kier alpha value is -1.91. The largest absolute Gasteiger partial charge is 0.435 e. The Labute approximate surface area is 155 Å². The van der Waals surface area contributed by atoms with Gasteiger partial charge >= 0.3 is 6.18 Å². The number of benzene rings is 1. The van der Waals surface area contributed by atoms with E-state index in [1.54, 1.807) is 0 Å². The molecule has 0 bridgehead atoms. The number of halogens is 3. The molecule has 1 heterocycles. The number of aromatic nitrogens is 2. The number of sulfonamides is 1. The van der Waals surface area contributed by atoms with Crippen LogP contribution in [0.1, 0.15) is 29.8 Å². The topological polar surface area (TPSA) is 73.2 Å². The van der Waals surface area contributed by atoms with E-state index in [-0.39, 0.29) is 23.6 Å². The number of alkyl halides is 3. The van der Waals surface area contributed by atoms with E-state index in [0.717, 1.165) is 6.42 Å². The summed E-state index contributed by atoms with van der Waals surface area (Å²) in [5.41, 5.74) is 0.337. The molecule has 0 radical (unpaired) electrons. The van der Waals surface area contributed by atoms with Gasteiger partial charge in [-0.05, 0) is 49.9 Å². The molecule has 1 N–H and O–H groups in total. The molecule has 1 aromatic heterocycles. The first-order chi connectivity index (χ1) is 12.7. The maximum Gasteiger partial charge on any atom is 0.435 e. The Morgan fingerprint density at radius 3 is 2.48 bits per heavy atom. The smallest absolute Gasteiger partial charge is 0.383 e. The lowest BCUT2D eigenvalue weighted by Crippen LogP contribution is -2.27. The zero-order valence-electron chi connectivity index (χ0n) is 14.7. The summed E-state index contributed by atoms with van der Waals surface area (Å²) in [4.78, 5) is 0.0272. The molecule has 1 aromatic carbocycles. The molecule has 0 spiro atoms. The second-order valence-electron chi connectivity index (χ2n) is 6.27. The van der Waals surface area contributed by atoms with Crippen molar-refractivity contribution >= 4 is 10.0 Å². The zero-order valence-corrected chi connectivity index (χ0v) is 15.5. The van der Waals surface area contributed by atoms with Crippen molar-refractivity contribution in [3.8, 4) is 5.69 Å². The molecule has 0 atom stereocenters. The molecule has 0 saturated carbocycles. The summed E-state index contributed by atoms with van der Waals surface area (Å²) < 4.78 is 72.7. The third-order valence-corrected chi connectivity index (χ3v) is 5.92. The van der Waals surface area contributed by atoms with Crippen molar-refractivity contribution in [2.24, 2.45) is 0 Å². The highest BCUT2D eigenvalue weighted by molar-refractivity contribution is 7.89. The third kappa shape index (κ3) is 4.17. The minimum Gasteiger partial charge on any atom is -0.383 e. The average molecular weight is 403 g/mol. The lowest BCUT2D eigenvalue weighted by atomic mass is 9.95. The lowest BCUT2D eigenvalue weighted by molar-refractivity contribution is -0.142. The molecule has 148 valence electrons. The van der Waals surface area contributed by atoms with E-state index in [4.69, 9.17) is 4.74 Å². The molecule has 0 fully saturated rings. The number of nitrogens with zero attached hydrogens (tertiary/aromatic N) is 2. The van der Waals surface area contributed by atoms with Gasteiger partial charge in [-0.25, -0.2) is 17.8 Å². The molecule has 1 aliphatic rings. The molecule has 0 unspecified atom stereocenters. The molecule has 3 rings (SSSR count). The Balaban J connectivity index is 1.93. The van der Waals surface area contributed by atoms with Gasteiger partial charge in [-0.2, -0.15) is 18.3 Å². The van der Waals surface area contributed by atoms with Crippen LogP contribution in [0.4, 0.5) is 13.2 Å². The summed E-state index contributed by atoms with van der Waals surface area (Å²) in [6.45, 7) is 0.360. The van der Waals surface area contributed by atoms with Crippen LogP contribution in [0.5, 0.6) is 0 Å². The number of hydrogen-bond donors (Lipinski definition) is 1. The average Bonchev–Trinajstić information content (AvgIpc) is 3.02. The van der Waals surface area contributed by atoms with E-state index in [9.17, 15) is 21.6 Å². The van der Waals surface area contributed by atoms with Gasteiger partial charge in [-0.1, -0.05) is 0 Å². The van der Waals surface area contributed by atoms with Crippen LogP contribution >= 0.6 is 0 Å². The zero-order chi connectivity index (χ0) is 19.7. The number of rotatable bonds is 6. The second kappa shape index (κ2) is 7.61. The monoisotopic (exact) mass is 403 g/mol. The summed E-state index contributed by atoms with van der Waals surface area (Å²) >= 11 is 0. The predicted octanol–water partition coefficient (Wildman–Crippen LogP) is 2.69. The molecule has 1 aliphatic carbocycles. The van der Waals surface area contributed by atoms with Crippen molar-refractivity contribution in [2.75, 3.05) is 20.3 Å². The highest BCUT2D eigenvalue weighted by atomic mass is 32.2. The molecule has 0 amide bonds. The van der Waals surface area contributed by atoms with E-state index in [1.165, 1.54) is 36.1 Å². The Bertz CT molecular complexity index is 906. The van der Waals surface area contributed by atoms with Gasteiger partial charge < -0.3 is 4.74 Å². The quantitative estimate of drug-likeness (QED) is 0.753. The van der Waals surface area contributed by atoms with Crippen LogP contribution in [0.2, 0.25) is 0 Å². The maximum atomic E-state index is 13.3. The summed E-state index contributed by atoms with van der Waals surface area (Å²) in [6, 6.07) is 5.64. The molecular weight excluding hydrogens is 383 g/mol. The molecule has 27 heavy (non-hydrogen) atoms. The van der Waals surface area contributed by atoms with Crippen LogP contribution in [-0.4, -0.2) is 38.5 Å². The van der Waals surface area contributed by atoms with E-state index in [0.29, 0.717) is 30.6 Å². The van der Waals surface area contributed by atoms with Gasteiger partial charge in [0.1, 0.15) is 0 Å². The van der Waals surface area contributed by atoms with Crippen LogP contribution in [-0.2, 0) is 33.8 Å². The van der Waals surface area contributed by atoms with Crippen LogP contribution in [0.3, 0.4) is 0 Å². The van der Waals surface area contributed by atoms with Crippen molar-refractivity contribution < 1.29 is 26.3 Å². The van der Waals surface area contributed by atoms with Crippen LogP contribution in [0.15, 0.2) is 29.2 Å². The van der Waals surface area contributed by atoms with Gasteiger partial charge in [0.2, 0.25) is 10.0 Å². The minimum atomic E-state index is -4.51. The van der Waals surface area contributed by atoms with Crippen LogP contribution in [0.25, 0.3) is 5.69 Å². The van der Waals surface area contributed by atoms with Gasteiger partial charge in [-0.3, -0.25) is 0 Å². The summed E-state index contributed by atoms with van der Waals surface area (Å²) in [7, 11) is -2.25. The van der Waals surface area contributed by atoms with E-state index < -0.39 is 21.9 Å². The van der Waals surface area contributed by atoms with E-state index in [2.05, 4.69) is 9.82 Å². The molecule has 6 nitrogen and oxygen atoms in total. The first-order valence-electron chi connectivity index (χ1n) is 8.51. The number of methoxy groups -OCH3 is 1. The number of fused-ring (bicyclic) bond motifs is 1. The normalized spacial score (nSPS) is 15.0. The van der Waals surface area contributed by atoms with Crippen LogP contribution < -0.4 is 4.72 Å². The van der Waals surface area contributed by atoms with Gasteiger partial charge in [-0.15, -0.1) is 0 Å². The van der Waals surface area contributed by atoms with Crippen molar-refractivity contribution in [3.05, 3.63) is 41.2 Å². The number of ether oxygens (including phenoxy) is 1. The third-order valence-electron chi connectivity index (χ3n) is 4.44. The van der Waals surface area contributed by atoms with Crippen molar-refractivity contribution in [1.29, 1.82) is 0 Å². The number of nitrogens with one attached hydrogen (secondary N) is 1. The second-order valence-corrected chi connectivity index (χ2v) is 8.04. The van der Waals surface area contributed by atoms with Gasteiger partial charge in [0, 0.05) is 24.9 Å². The van der Waals surface area contributed by atoms with E-state index >= 15 is 0 Å². The Morgan fingerprint density at radius 1 is 1.19 bits per heavy atom. The maximum absolute atomic E-state index is 13.3. The van der Waals surface area contributed by atoms with Gasteiger partial charge in [0.25, 0.3) is 0 Å². The standard InChI is InChI=1S/C17H20F3N3O3S/c1-26-11-10-21-27(24,25)13-8-6-12(7-9-13)23-15-5-3-2-4-14(15)16(22-23)17(18,19)20/h6-9,21H,2-5,10-11H2,1H3. The summed E-state index contributed by atoms with van der Waals surface area (Å²) in [5.74, 6) is 0. The van der Waals surface area contributed by atoms with Crippen molar-refractivity contribution in [3.63, 3.8) is 0 Å². The first kappa shape index (κ1) is 19.8.